The number of nitrogens with one attached hydrogen (secondary N) is 3. The number of Topliss-reactive ketones (excluding diaryl/α,β-unsaturated/α-hetero) is 1. The number of hydrogen-bond acceptors (Lipinski definition) is 9. The van der Waals surface area contributed by atoms with E-state index in [2.05, 4.69) is 69.2 Å². The van der Waals surface area contributed by atoms with Gasteiger partial charge in [-0.3, -0.25) is 28.8 Å². The van der Waals surface area contributed by atoms with E-state index in [4.69, 9.17) is 14.9 Å². The van der Waals surface area contributed by atoms with Gasteiger partial charge in [0.05, 0.1) is 6.42 Å². The van der Waals surface area contributed by atoms with Gasteiger partial charge in [-0.2, -0.15) is 0 Å². The first-order chi connectivity index (χ1) is 23.3. The molecule has 3 amide bonds. The standard InChI is InChI=1S/C25H33N3O11.C10H8/c1-14(2)22(24(36)26-18(11-21(33)34)19(30)13-38-15(3)29)28-23(35)17(9-10-20(31)32)27-25(37)39-12-16-7-5-4-6-8-16;1-2-6-10-8-4-3-7-9(10)5-1/h4-8,14,17-18,22H,9-13H2,1-3H3,(H,26,36)(H,27,37)(H,28,35)(H,31,32)(H,33,34);1-8H. The Balaban J connectivity index is 0.000000697. The van der Waals surface area contributed by atoms with E-state index < -0.39 is 85.1 Å². The van der Waals surface area contributed by atoms with Crippen molar-refractivity contribution < 1.29 is 53.2 Å². The first-order valence-corrected chi connectivity index (χ1v) is 15.4. The van der Waals surface area contributed by atoms with Gasteiger partial charge in [0.1, 0.15) is 24.7 Å². The molecule has 3 aromatic carbocycles. The Bertz CT molecular complexity index is 1530. The maximum Gasteiger partial charge on any atom is 0.408 e. The normalized spacial score (nSPS) is 12.2. The molecule has 14 nitrogen and oxygen atoms in total. The highest BCUT2D eigenvalue weighted by atomic mass is 16.5. The Morgan fingerprint density at radius 1 is 0.673 bits per heavy atom. The fourth-order valence-corrected chi connectivity index (χ4v) is 4.32. The average molecular weight is 680 g/mol. The molecule has 14 heteroatoms. The second kappa shape index (κ2) is 20.4. The number of fused-ring (bicyclic) bond motifs is 1. The molecule has 0 fully saturated rings. The number of alkyl carbamates (subject to hydrolysis) is 1. The lowest BCUT2D eigenvalue weighted by Gasteiger charge is -2.26. The van der Waals surface area contributed by atoms with Gasteiger partial charge in [0.25, 0.3) is 0 Å². The van der Waals surface area contributed by atoms with Crippen LogP contribution >= 0.6 is 0 Å². The van der Waals surface area contributed by atoms with Gasteiger partial charge in [0, 0.05) is 13.3 Å². The van der Waals surface area contributed by atoms with Crippen molar-refractivity contribution in [2.45, 2.75) is 64.8 Å². The molecule has 3 atom stereocenters. The molecule has 0 aromatic heterocycles. The number of hydrogen-bond donors (Lipinski definition) is 5. The Labute approximate surface area is 283 Å². The summed E-state index contributed by atoms with van der Waals surface area (Å²) >= 11 is 0. The van der Waals surface area contributed by atoms with E-state index in [0.717, 1.165) is 6.92 Å². The topological polar surface area (TPSA) is 214 Å². The predicted molar refractivity (Wildman–Crippen MR) is 177 cm³/mol. The molecular weight excluding hydrogens is 638 g/mol. The van der Waals surface area contributed by atoms with Gasteiger partial charge in [-0.05, 0) is 28.7 Å². The molecule has 0 aliphatic carbocycles. The number of carboxylic acids is 2. The van der Waals surface area contributed by atoms with Crippen LogP contribution < -0.4 is 16.0 Å². The number of ketones is 1. The minimum absolute atomic E-state index is 0.108. The summed E-state index contributed by atoms with van der Waals surface area (Å²) in [6, 6.07) is 21.1. The highest BCUT2D eigenvalue weighted by molar-refractivity contribution is 5.96. The second-order valence-electron chi connectivity index (χ2n) is 11.2. The Morgan fingerprint density at radius 3 is 1.71 bits per heavy atom. The molecule has 49 heavy (non-hydrogen) atoms. The first-order valence-electron chi connectivity index (χ1n) is 15.4. The quantitative estimate of drug-likeness (QED) is 0.139. The summed E-state index contributed by atoms with van der Waals surface area (Å²) in [7, 11) is 0. The molecule has 0 bridgehead atoms. The van der Waals surface area contributed by atoms with Gasteiger partial charge < -0.3 is 35.6 Å². The number of esters is 1. The van der Waals surface area contributed by atoms with Crippen LogP contribution in [-0.4, -0.2) is 76.5 Å². The molecule has 0 aliphatic rings. The molecular formula is C35H41N3O11. The van der Waals surface area contributed by atoms with E-state index in [1.165, 1.54) is 10.8 Å². The SMILES string of the molecule is CC(=O)OCC(=O)C(CC(=O)O)NC(=O)C(NC(=O)C(CCC(=O)O)NC(=O)OCc1ccccc1)C(C)C.c1ccc2ccccc2c1. The van der Waals surface area contributed by atoms with Gasteiger partial charge in [-0.25, -0.2) is 4.79 Å². The van der Waals surface area contributed by atoms with Crippen LogP contribution in [0.3, 0.4) is 0 Å². The van der Waals surface area contributed by atoms with E-state index in [-0.39, 0.29) is 13.0 Å². The monoisotopic (exact) mass is 679 g/mol. The lowest BCUT2D eigenvalue weighted by molar-refractivity contribution is -0.147. The maximum atomic E-state index is 13.0. The molecule has 0 spiro atoms. The van der Waals surface area contributed by atoms with Crippen molar-refractivity contribution >= 4 is 52.4 Å². The van der Waals surface area contributed by atoms with Crippen molar-refractivity contribution in [3.63, 3.8) is 0 Å². The van der Waals surface area contributed by atoms with Gasteiger partial charge in [0.15, 0.2) is 12.4 Å². The van der Waals surface area contributed by atoms with Gasteiger partial charge in [-0.1, -0.05) is 92.7 Å². The number of amides is 3. The molecule has 0 saturated carbocycles. The van der Waals surface area contributed by atoms with E-state index in [1.54, 1.807) is 44.2 Å². The Hall–Kier alpha value is -5.79. The number of ether oxygens (including phenoxy) is 2. The van der Waals surface area contributed by atoms with Crippen molar-refractivity contribution in [2.24, 2.45) is 5.92 Å². The number of benzene rings is 3. The summed E-state index contributed by atoms with van der Waals surface area (Å²) in [5, 5.41) is 27.7. The predicted octanol–water partition coefficient (Wildman–Crippen LogP) is 3.22. The fraction of sp³-hybridized carbons (Fsp3) is 0.343. The third-order valence-electron chi connectivity index (χ3n) is 6.88. The van der Waals surface area contributed by atoms with E-state index in [0.29, 0.717) is 5.56 Å². The molecule has 262 valence electrons. The number of rotatable bonds is 16. The van der Waals surface area contributed by atoms with E-state index in [9.17, 15) is 33.6 Å². The second-order valence-corrected chi connectivity index (χ2v) is 11.2. The molecule has 0 radical (unpaired) electrons. The summed E-state index contributed by atoms with van der Waals surface area (Å²) < 4.78 is 9.67. The molecule has 3 aromatic rings. The van der Waals surface area contributed by atoms with Crippen molar-refractivity contribution in [2.75, 3.05) is 6.61 Å². The zero-order valence-corrected chi connectivity index (χ0v) is 27.4. The van der Waals surface area contributed by atoms with Gasteiger partial charge in [-0.15, -0.1) is 0 Å². The van der Waals surface area contributed by atoms with Crippen LogP contribution in [0.15, 0.2) is 78.9 Å². The fourth-order valence-electron chi connectivity index (χ4n) is 4.32. The number of carbonyl (C=O) groups excluding carboxylic acids is 5. The van der Waals surface area contributed by atoms with E-state index in [1.807, 2.05) is 0 Å². The van der Waals surface area contributed by atoms with Crippen molar-refractivity contribution in [3.05, 3.63) is 84.4 Å². The highest BCUT2D eigenvalue weighted by Gasteiger charge is 2.32. The van der Waals surface area contributed by atoms with Crippen LogP contribution in [0.4, 0.5) is 4.79 Å². The Kier molecular flexibility index (Phi) is 16.4. The lowest BCUT2D eigenvalue weighted by atomic mass is 10.0. The Morgan fingerprint density at radius 2 is 1.22 bits per heavy atom. The van der Waals surface area contributed by atoms with Crippen LogP contribution in [0.2, 0.25) is 0 Å². The molecule has 5 N–H and O–H groups in total. The van der Waals surface area contributed by atoms with Crippen LogP contribution in [0.1, 0.15) is 45.6 Å². The minimum Gasteiger partial charge on any atom is -0.481 e. The molecule has 3 rings (SSSR count). The third kappa shape index (κ3) is 15.1. The maximum absolute atomic E-state index is 13.0. The highest BCUT2D eigenvalue weighted by Crippen LogP contribution is 2.11. The smallest absolute Gasteiger partial charge is 0.408 e. The molecule has 0 heterocycles. The third-order valence-corrected chi connectivity index (χ3v) is 6.88. The van der Waals surface area contributed by atoms with Crippen LogP contribution in [0.5, 0.6) is 0 Å². The zero-order valence-electron chi connectivity index (χ0n) is 27.4. The largest absolute Gasteiger partial charge is 0.481 e. The van der Waals surface area contributed by atoms with Crippen LogP contribution in [0.25, 0.3) is 10.8 Å². The summed E-state index contributed by atoms with van der Waals surface area (Å²) in [5.74, 6) is -6.68. The average Bonchev–Trinajstić information content (AvgIpc) is 3.06. The van der Waals surface area contributed by atoms with E-state index >= 15 is 0 Å². The van der Waals surface area contributed by atoms with Crippen LogP contribution in [0, 0.1) is 5.92 Å². The summed E-state index contributed by atoms with van der Waals surface area (Å²) in [6.45, 7) is 3.30. The molecule has 3 unspecified atom stereocenters. The summed E-state index contributed by atoms with van der Waals surface area (Å²) in [4.78, 5) is 83.8. The van der Waals surface area contributed by atoms with Gasteiger partial charge >= 0.3 is 24.0 Å². The zero-order chi connectivity index (χ0) is 36.3. The number of aliphatic carboxylic acids is 2. The summed E-state index contributed by atoms with van der Waals surface area (Å²) in [5.41, 5.74) is 0.676. The van der Waals surface area contributed by atoms with Crippen LogP contribution in [-0.2, 0) is 44.8 Å². The van der Waals surface area contributed by atoms with Gasteiger partial charge in [0.2, 0.25) is 11.8 Å². The first kappa shape index (κ1) is 39.4. The van der Waals surface area contributed by atoms with Crippen molar-refractivity contribution in [1.29, 1.82) is 0 Å². The molecule has 0 saturated heterocycles. The minimum atomic E-state index is -1.55. The van der Waals surface area contributed by atoms with Crippen molar-refractivity contribution in [3.8, 4) is 0 Å². The summed E-state index contributed by atoms with van der Waals surface area (Å²) in [6.07, 6.45) is -2.61. The number of carbonyl (C=O) groups is 7. The van der Waals surface area contributed by atoms with Crippen molar-refractivity contribution in [1.82, 2.24) is 16.0 Å². The lowest BCUT2D eigenvalue weighted by Crippen LogP contribution is -2.57. The molecule has 0 aliphatic heterocycles. The number of carboxylic acid groups (broad SMARTS) is 2.